The van der Waals surface area contributed by atoms with E-state index in [4.69, 9.17) is 4.74 Å². The molecular formula is C12H14BrNO2. The Kier molecular flexibility index (Phi) is 3.61. The fourth-order valence-electron chi connectivity index (χ4n) is 2.01. The summed E-state index contributed by atoms with van der Waals surface area (Å²) in [6, 6.07) is 4.16. The minimum absolute atomic E-state index is 0.0868. The Labute approximate surface area is 103 Å². The summed E-state index contributed by atoms with van der Waals surface area (Å²) in [5.41, 5.74) is 3.57. The Morgan fingerprint density at radius 1 is 1.44 bits per heavy atom. The van der Waals surface area contributed by atoms with E-state index in [2.05, 4.69) is 33.4 Å². The number of anilines is 1. The fraction of sp³-hybridized carbons (Fsp3) is 0.417. The molecule has 1 aliphatic rings. The normalized spacial score (nSPS) is 13.6. The monoisotopic (exact) mass is 283 g/mol. The van der Waals surface area contributed by atoms with Gasteiger partial charge in [0.2, 0.25) is 5.91 Å². The molecule has 0 saturated heterocycles. The number of benzene rings is 1. The van der Waals surface area contributed by atoms with Crippen LogP contribution < -0.4 is 5.32 Å². The predicted molar refractivity (Wildman–Crippen MR) is 66.7 cm³/mol. The van der Waals surface area contributed by atoms with E-state index in [0.29, 0.717) is 0 Å². The van der Waals surface area contributed by atoms with Crippen LogP contribution in [0.3, 0.4) is 0 Å². The molecule has 1 aromatic carbocycles. The highest BCUT2D eigenvalue weighted by Gasteiger charge is 2.14. The first kappa shape index (κ1) is 11.6. The number of halogens is 1. The zero-order valence-corrected chi connectivity index (χ0v) is 10.8. The molecule has 86 valence electrons. The lowest BCUT2D eigenvalue weighted by atomic mass is 10.1. The third-order valence-corrected chi connectivity index (χ3v) is 3.39. The Hall–Kier alpha value is -0.870. The molecule has 0 aromatic heterocycles. The summed E-state index contributed by atoms with van der Waals surface area (Å²) in [6.45, 7) is 0.0868. The molecule has 0 radical (unpaired) electrons. The van der Waals surface area contributed by atoms with Crippen LogP contribution in [0.2, 0.25) is 0 Å². The standard InChI is InChI=1S/C12H14BrNO2/c1-16-7-12(15)14-11-6-9-4-2-3-8(9)5-10(11)13/h5-6H,2-4,7H2,1H3,(H,14,15). The average Bonchev–Trinajstić information content (AvgIpc) is 2.65. The van der Waals surface area contributed by atoms with Gasteiger partial charge in [-0.25, -0.2) is 0 Å². The molecular weight excluding hydrogens is 270 g/mol. The number of rotatable bonds is 3. The molecule has 0 atom stereocenters. The largest absolute Gasteiger partial charge is 0.375 e. The molecule has 0 saturated carbocycles. The highest BCUT2D eigenvalue weighted by atomic mass is 79.9. The Bertz CT molecular complexity index is 418. The topological polar surface area (TPSA) is 38.3 Å². The van der Waals surface area contributed by atoms with Gasteiger partial charge in [0.15, 0.2) is 0 Å². The molecule has 1 N–H and O–H groups in total. The first-order valence-corrected chi connectivity index (χ1v) is 6.10. The summed E-state index contributed by atoms with van der Waals surface area (Å²) in [6.07, 6.45) is 3.45. The van der Waals surface area contributed by atoms with Crippen LogP contribution in [0, 0.1) is 0 Å². The molecule has 0 aliphatic heterocycles. The maximum atomic E-state index is 11.4. The number of hydrogen-bond acceptors (Lipinski definition) is 2. The number of ether oxygens (including phenoxy) is 1. The van der Waals surface area contributed by atoms with E-state index in [1.54, 1.807) is 0 Å². The van der Waals surface area contributed by atoms with Crippen molar-refractivity contribution >= 4 is 27.5 Å². The molecule has 3 nitrogen and oxygen atoms in total. The lowest BCUT2D eigenvalue weighted by molar-refractivity contribution is -0.119. The summed E-state index contributed by atoms with van der Waals surface area (Å²) in [5, 5.41) is 2.83. The summed E-state index contributed by atoms with van der Waals surface area (Å²) in [5.74, 6) is -0.124. The maximum absolute atomic E-state index is 11.4. The van der Waals surface area contributed by atoms with E-state index >= 15 is 0 Å². The smallest absolute Gasteiger partial charge is 0.250 e. The van der Waals surface area contributed by atoms with Crippen LogP contribution in [0.15, 0.2) is 16.6 Å². The first-order chi connectivity index (χ1) is 7.70. The number of hydrogen-bond donors (Lipinski definition) is 1. The van der Waals surface area contributed by atoms with Gasteiger partial charge in [-0.3, -0.25) is 4.79 Å². The third kappa shape index (κ3) is 2.44. The molecule has 1 aromatic rings. The summed E-state index contributed by atoms with van der Waals surface area (Å²) in [7, 11) is 1.51. The summed E-state index contributed by atoms with van der Waals surface area (Å²) < 4.78 is 5.72. The van der Waals surface area contributed by atoms with Crippen molar-refractivity contribution < 1.29 is 9.53 Å². The van der Waals surface area contributed by atoms with Crippen LogP contribution >= 0.6 is 15.9 Å². The third-order valence-electron chi connectivity index (χ3n) is 2.73. The van der Waals surface area contributed by atoms with E-state index in [1.807, 2.05) is 0 Å². The van der Waals surface area contributed by atoms with Gasteiger partial charge in [-0.2, -0.15) is 0 Å². The maximum Gasteiger partial charge on any atom is 0.250 e. The predicted octanol–water partition coefficient (Wildman–Crippen LogP) is 2.52. The lowest BCUT2D eigenvalue weighted by Crippen LogP contribution is -2.17. The molecule has 2 rings (SSSR count). The molecule has 0 fully saturated rings. The molecule has 1 aliphatic carbocycles. The Morgan fingerprint density at radius 3 is 2.81 bits per heavy atom. The first-order valence-electron chi connectivity index (χ1n) is 5.31. The van der Waals surface area contributed by atoms with Gasteiger partial charge in [-0.05, 0) is 58.5 Å². The number of nitrogens with one attached hydrogen (secondary N) is 1. The second-order valence-corrected chi connectivity index (χ2v) is 4.79. The summed E-state index contributed by atoms with van der Waals surface area (Å²) >= 11 is 3.47. The highest BCUT2D eigenvalue weighted by molar-refractivity contribution is 9.10. The number of carbonyl (C=O) groups excluding carboxylic acids is 1. The van der Waals surface area contributed by atoms with Gasteiger partial charge in [0.1, 0.15) is 6.61 Å². The van der Waals surface area contributed by atoms with Crippen molar-refractivity contribution in [2.45, 2.75) is 19.3 Å². The van der Waals surface area contributed by atoms with E-state index in [0.717, 1.165) is 23.0 Å². The number of aryl methyl sites for hydroxylation is 2. The molecule has 16 heavy (non-hydrogen) atoms. The fourth-order valence-corrected chi connectivity index (χ4v) is 2.50. The Morgan fingerprint density at radius 2 is 2.12 bits per heavy atom. The van der Waals surface area contributed by atoms with Crippen molar-refractivity contribution in [2.75, 3.05) is 19.0 Å². The zero-order chi connectivity index (χ0) is 11.5. The number of amides is 1. The second-order valence-electron chi connectivity index (χ2n) is 3.94. The van der Waals surface area contributed by atoms with Crippen molar-refractivity contribution in [3.8, 4) is 0 Å². The average molecular weight is 284 g/mol. The molecule has 0 heterocycles. The van der Waals surface area contributed by atoms with Crippen LogP contribution in [-0.4, -0.2) is 19.6 Å². The molecule has 0 unspecified atom stereocenters. The zero-order valence-electron chi connectivity index (χ0n) is 9.18. The van der Waals surface area contributed by atoms with Crippen LogP contribution in [0.25, 0.3) is 0 Å². The van der Waals surface area contributed by atoms with Crippen molar-refractivity contribution in [2.24, 2.45) is 0 Å². The van der Waals surface area contributed by atoms with Gasteiger partial charge in [-0.1, -0.05) is 0 Å². The van der Waals surface area contributed by atoms with E-state index in [-0.39, 0.29) is 12.5 Å². The van der Waals surface area contributed by atoms with Gasteiger partial charge in [-0.15, -0.1) is 0 Å². The summed E-state index contributed by atoms with van der Waals surface area (Å²) in [4.78, 5) is 11.4. The van der Waals surface area contributed by atoms with Gasteiger partial charge >= 0.3 is 0 Å². The quantitative estimate of drug-likeness (QED) is 0.926. The van der Waals surface area contributed by atoms with Crippen LogP contribution in [0.1, 0.15) is 17.5 Å². The van der Waals surface area contributed by atoms with Crippen LogP contribution in [0.4, 0.5) is 5.69 Å². The highest BCUT2D eigenvalue weighted by Crippen LogP contribution is 2.31. The molecule has 4 heteroatoms. The van der Waals surface area contributed by atoms with Gasteiger partial charge in [0, 0.05) is 11.6 Å². The molecule has 1 amide bonds. The van der Waals surface area contributed by atoms with Crippen molar-refractivity contribution in [3.63, 3.8) is 0 Å². The molecule has 0 bridgehead atoms. The lowest BCUT2D eigenvalue weighted by Gasteiger charge is -2.09. The number of carbonyl (C=O) groups is 1. The van der Waals surface area contributed by atoms with Crippen molar-refractivity contribution in [3.05, 3.63) is 27.7 Å². The van der Waals surface area contributed by atoms with Crippen LogP contribution in [0.5, 0.6) is 0 Å². The van der Waals surface area contributed by atoms with E-state index in [9.17, 15) is 4.79 Å². The number of methoxy groups -OCH3 is 1. The minimum atomic E-state index is -0.124. The SMILES string of the molecule is COCC(=O)Nc1cc2c(cc1Br)CCC2. The molecule has 0 spiro atoms. The van der Waals surface area contributed by atoms with Crippen LogP contribution in [-0.2, 0) is 22.4 Å². The Balaban J connectivity index is 2.18. The van der Waals surface area contributed by atoms with Gasteiger partial charge in [0.25, 0.3) is 0 Å². The number of fused-ring (bicyclic) bond motifs is 1. The van der Waals surface area contributed by atoms with E-state index in [1.165, 1.54) is 24.7 Å². The van der Waals surface area contributed by atoms with E-state index < -0.39 is 0 Å². The van der Waals surface area contributed by atoms with Crippen molar-refractivity contribution in [1.29, 1.82) is 0 Å². The van der Waals surface area contributed by atoms with Crippen molar-refractivity contribution in [1.82, 2.24) is 0 Å². The second kappa shape index (κ2) is 4.97. The minimum Gasteiger partial charge on any atom is -0.375 e. The van der Waals surface area contributed by atoms with Gasteiger partial charge < -0.3 is 10.1 Å². The van der Waals surface area contributed by atoms with Gasteiger partial charge in [0.05, 0.1) is 5.69 Å².